The molecule has 1 aromatic heterocycles. The summed E-state index contributed by atoms with van der Waals surface area (Å²) in [6.45, 7) is 2.85. The zero-order chi connectivity index (χ0) is 21.1. The summed E-state index contributed by atoms with van der Waals surface area (Å²) in [6, 6.07) is 3.71. The number of aromatic carboxylic acids is 1. The van der Waals surface area contributed by atoms with Crippen LogP contribution < -0.4 is 10.2 Å². The molecule has 1 aromatic carbocycles. The third kappa shape index (κ3) is 4.51. The zero-order valence-corrected chi connectivity index (χ0v) is 16.8. The van der Waals surface area contributed by atoms with E-state index in [0.29, 0.717) is 37.3 Å². The normalized spacial score (nSPS) is 19.2. The van der Waals surface area contributed by atoms with E-state index in [1.54, 1.807) is 7.11 Å². The lowest BCUT2D eigenvalue weighted by atomic mass is 10.0. The maximum absolute atomic E-state index is 13.7. The summed E-state index contributed by atoms with van der Waals surface area (Å²) in [4.78, 5) is 32.6. The largest absolute Gasteiger partial charge is 0.478 e. The van der Waals surface area contributed by atoms with Crippen LogP contribution in [0.4, 0.5) is 10.1 Å². The van der Waals surface area contributed by atoms with E-state index in [9.17, 15) is 14.0 Å². The van der Waals surface area contributed by atoms with Crippen LogP contribution in [0.25, 0.3) is 0 Å². The standard InChI is InChI=1S/C19H22ClFN4O4/c1-3-13-16(20)24-17(22-13)18(26)23-14-6-7-25(9-15(14)29-2)10-4-5-12(21)11(8-10)19(27)28/h4-5,8,14-15H,3,6-7,9H2,1-2H3,(H,22,24)(H,23,26)(H,27,28). The molecular weight excluding hydrogens is 403 g/mol. The van der Waals surface area contributed by atoms with Gasteiger partial charge in [-0.25, -0.2) is 14.2 Å². The lowest BCUT2D eigenvalue weighted by Crippen LogP contribution is -2.55. The summed E-state index contributed by atoms with van der Waals surface area (Å²) in [5, 5.41) is 12.3. The van der Waals surface area contributed by atoms with Crippen molar-refractivity contribution in [2.45, 2.75) is 31.9 Å². The Kier molecular flexibility index (Phi) is 6.39. The van der Waals surface area contributed by atoms with Gasteiger partial charge in [0.2, 0.25) is 0 Å². The van der Waals surface area contributed by atoms with Crippen molar-refractivity contribution < 1.29 is 23.8 Å². The highest BCUT2D eigenvalue weighted by molar-refractivity contribution is 6.30. The van der Waals surface area contributed by atoms with Crippen molar-refractivity contribution in [2.75, 3.05) is 25.1 Å². The number of hydrogen-bond acceptors (Lipinski definition) is 5. The number of carbonyl (C=O) groups excluding carboxylic acids is 1. The third-order valence-corrected chi connectivity index (χ3v) is 5.33. The van der Waals surface area contributed by atoms with Crippen LogP contribution in [-0.2, 0) is 11.2 Å². The lowest BCUT2D eigenvalue weighted by molar-refractivity contribution is 0.0538. The van der Waals surface area contributed by atoms with E-state index in [0.717, 1.165) is 6.07 Å². The number of carboxylic acids is 1. The maximum atomic E-state index is 13.7. The molecule has 156 valence electrons. The topological polar surface area (TPSA) is 108 Å². The number of methoxy groups -OCH3 is 1. The Morgan fingerprint density at radius 3 is 2.86 bits per heavy atom. The minimum atomic E-state index is -1.32. The summed E-state index contributed by atoms with van der Waals surface area (Å²) in [6.07, 6.45) is 0.843. The van der Waals surface area contributed by atoms with Crippen molar-refractivity contribution in [3.63, 3.8) is 0 Å². The molecule has 2 aromatic rings. The molecular formula is C19H22ClFN4O4. The number of carbonyl (C=O) groups is 2. The van der Waals surface area contributed by atoms with Gasteiger partial charge in [0.25, 0.3) is 5.91 Å². The van der Waals surface area contributed by atoms with Gasteiger partial charge in [-0.2, -0.15) is 0 Å². The van der Waals surface area contributed by atoms with Crippen LogP contribution in [0.2, 0.25) is 5.15 Å². The number of aromatic nitrogens is 2. The Bertz CT molecular complexity index is 920. The number of aryl methyl sites for hydroxylation is 1. The first-order valence-electron chi connectivity index (χ1n) is 9.19. The molecule has 0 saturated carbocycles. The fraction of sp³-hybridized carbons (Fsp3) is 0.421. The highest BCUT2D eigenvalue weighted by atomic mass is 35.5. The second-order valence-corrected chi connectivity index (χ2v) is 7.12. The molecule has 1 fully saturated rings. The Hall–Kier alpha value is -2.65. The van der Waals surface area contributed by atoms with Crippen LogP contribution in [-0.4, -0.2) is 59.3 Å². The number of halogens is 2. The van der Waals surface area contributed by atoms with Crippen LogP contribution >= 0.6 is 11.6 Å². The number of aromatic amines is 1. The van der Waals surface area contributed by atoms with Crippen LogP contribution in [0.3, 0.4) is 0 Å². The van der Waals surface area contributed by atoms with Crippen LogP contribution in [0, 0.1) is 5.82 Å². The number of H-pyrrole nitrogens is 1. The van der Waals surface area contributed by atoms with Crippen molar-refractivity contribution in [3.8, 4) is 0 Å². The Balaban J connectivity index is 1.70. The molecule has 10 heteroatoms. The highest BCUT2D eigenvalue weighted by Crippen LogP contribution is 2.24. The average molecular weight is 425 g/mol. The number of hydrogen-bond donors (Lipinski definition) is 3. The van der Waals surface area contributed by atoms with Gasteiger partial charge in [0.15, 0.2) is 11.0 Å². The number of nitrogens with zero attached hydrogens (tertiary/aromatic N) is 2. The van der Waals surface area contributed by atoms with Gasteiger partial charge in [-0.1, -0.05) is 18.5 Å². The van der Waals surface area contributed by atoms with E-state index >= 15 is 0 Å². The van der Waals surface area contributed by atoms with Gasteiger partial charge in [-0.3, -0.25) is 4.79 Å². The van der Waals surface area contributed by atoms with E-state index < -0.39 is 11.8 Å². The fourth-order valence-electron chi connectivity index (χ4n) is 3.40. The van der Waals surface area contributed by atoms with Gasteiger partial charge in [-0.05, 0) is 31.0 Å². The first kappa shape index (κ1) is 21.1. The Morgan fingerprint density at radius 1 is 1.48 bits per heavy atom. The highest BCUT2D eigenvalue weighted by Gasteiger charge is 2.32. The summed E-state index contributed by atoms with van der Waals surface area (Å²) >= 11 is 6.00. The molecule has 1 amide bonds. The smallest absolute Gasteiger partial charge is 0.338 e. The van der Waals surface area contributed by atoms with E-state index in [-0.39, 0.29) is 34.6 Å². The van der Waals surface area contributed by atoms with Gasteiger partial charge in [0, 0.05) is 25.9 Å². The van der Waals surface area contributed by atoms with Crippen molar-refractivity contribution in [1.29, 1.82) is 0 Å². The SMILES string of the molecule is CCc1[nH]c(C(=O)NC2CCN(c3ccc(F)c(C(=O)O)c3)CC2OC)nc1Cl. The molecule has 0 bridgehead atoms. The number of piperidine rings is 1. The molecule has 0 aliphatic carbocycles. The van der Waals surface area contributed by atoms with E-state index in [4.69, 9.17) is 21.4 Å². The van der Waals surface area contributed by atoms with Crippen LogP contribution in [0.15, 0.2) is 18.2 Å². The molecule has 2 unspecified atom stereocenters. The first-order valence-corrected chi connectivity index (χ1v) is 9.57. The quantitative estimate of drug-likeness (QED) is 0.657. The monoisotopic (exact) mass is 424 g/mol. The molecule has 3 rings (SSSR count). The predicted molar refractivity (Wildman–Crippen MR) is 105 cm³/mol. The van der Waals surface area contributed by atoms with E-state index in [1.807, 2.05) is 11.8 Å². The molecule has 3 N–H and O–H groups in total. The lowest BCUT2D eigenvalue weighted by Gasteiger charge is -2.39. The third-order valence-electron chi connectivity index (χ3n) is 5.02. The second-order valence-electron chi connectivity index (χ2n) is 6.77. The Morgan fingerprint density at radius 2 is 2.24 bits per heavy atom. The van der Waals surface area contributed by atoms with Crippen LogP contribution in [0.1, 0.15) is 40.0 Å². The van der Waals surface area contributed by atoms with Crippen molar-refractivity contribution in [2.24, 2.45) is 0 Å². The van der Waals surface area contributed by atoms with E-state index in [2.05, 4.69) is 15.3 Å². The van der Waals surface area contributed by atoms with Gasteiger partial charge in [0.1, 0.15) is 5.82 Å². The molecule has 1 saturated heterocycles. The number of rotatable bonds is 6. The number of imidazole rings is 1. The maximum Gasteiger partial charge on any atom is 0.338 e. The zero-order valence-electron chi connectivity index (χ0n) is 16.0. The first-order chi connectivity index (χ1) is 13.8. The van der Waals surface area contributed by atoms with Gasteiger partial charge in [0.05, 0.1) is 23.4 Å². The molecule has 0 spiro atoms. The summed E-state index contributed by atoms with van der Waals surface area (Å²) in [5.74, 6) is -2.33. The number of nitrogens with one attached hydrogen (secondary N) is 2. The van der Waals surface area contributed by atoms with Gasteiger partial charge in [-0.15, -0.1) is 0 Å². The van der Waals surface area contributed by atoms with Crippen molar-refractivity contribution in [3.05, 3.63) is 46.3 Å². The second kappa shape index (κ2) is 8.79. The predicted octanol–water partition coefficient (Wildman–Crippen LogP) is 2.49. The molecule has 29 heavy (non-hydrogen) atoms. The Labute approximate surface area is 172 Å². The average Bonchev–Trinajstić information content (AvgIpc) is 3.09. The van der Waals surface area contributed by atoms with Crippen molar-refractivity contribution >= 4 is 29.2 Å². The molecule has 2 heterocycles. The number of benzene rings is 1. The fourth-order valence-corrected chi connectivity index (χ4v) is 3.66. The molecule has 1 aliphatic rings. The molecule has 0 radical (unpaired) electrons. The minimum absolute atomic E-state index is 0.147. The summed E-state index contributed by atoms with van der Waals surface area (Å²) in [5.41, 5.74) is 0.898. The minimum Gasteiger partial charge on any atom is -0.478 e. The molecule has 1 aliphatic heterocycles. The van der Waals surface area contributed by atoms with Crippen LogP contribution in [0.5, 0.6) is 0 Å². The summed E-state index contributed by atoms with van der Waals surface area (Å²) in [7, 11) is 1.54. The molecule has 8 nitrogen and oxygen atoms in total. The number of carboxylic acid groups (broad SMARTS) is 1. The number of ether oxygens (including phenoxy) is 1. The summed E-state index contributed by atoms with van der Waals surface area (Å²) < 4.78 is 19.2. The number of anilines is 1. The number of amides is 1. The van der Waals surface area contributed by atoms with Gasteiger partial charge >= 0.3 is 5.97 Å². The van der Waals surface area contributed by atoms with E-state index in [1.165, 1.54) is 12.1 Å². The molecule has 2 atom stereocenters. The van der Waals surface area contributed by atoms with Gasteiger partial charge < -0.3 is 25.0 Å². The van der Waals surface area contributed by atoms with Crippen molar-refractivity contribution in [1.82, 2.24) is 15.3 Å².